The lowest BCUT2D eigenvalue weighted by Gasteiger charge is -2.52. The number of hydrogen-bond acceptors (Lipinski definition) is 8. The van der Waals surface area contributed by atoms with Crippen LogP contribution in [0.3, 0.4) is 0 Å². The first kappa shape index (κ1) is 29.3. The molecule has 2 unspecified atom stereocenters. The number of hydrogen-bond donors (Lipinski definition) is 2. The fourth-order valence-electron chi connectivity index (χ4n) is 3.49. The summed E-state index contributed by atoms with van der Waals surface area (Å²) >= 11 is 23.5. The van der Waals surface area contributed by atoms with E-state index in [1.165, 1.54) is 13.8 Å². The van der Waals surface area contributed by atoms with Gasteiger partial charge in [0, 0.05) is 5.57 Å². The average molecular weight is 617 g/mol. The molecule has 1 aromatic carbocycles. The molecule has 37 heavy (non-hydrogen) atoms. The lowest BCUT2D eigenvalue weighted by Crippen LogP contribution is -2.77. The highest BCUT2D eigenvalue weighted by Gasteiger charge is 2.64. The smallest absolute Gasteiger partial charge is 0.409 e. The van der Waals surface area contributed by atoms with Gasteiger partial charge in [0.2, 0.25) is 8.12 Å². The van der Waals surface area contributed by atoms with Crippen LogP contribution in [0.1, 0.15) is 13.8 Å². The molecule has 0 bridgehead atoms. The van der Waals surface area contributed by atoms with Gasteiger partial charge >= 0.3 is 12.1 Å². The molecule has 0 spiro atoms. The van der Waals surface area contributed by atoms with Crippen LogP contribution in [0.2, 0.25) is 0 Å². The number of amides is 3. The Morgan fingerprint density at radius 1 is 1.16 bits per heavy atom. The van der Waals surface area contributed by atoms with Crippen molar-refractivity contribution in [3.8, 4) is 5.75 Å². The van der Waals surface area contributed by atoms with Crippen molar-refractivity contribution in [2.75, 3.05) is 19.8 Å². The Balaban J connectivity index is 1.87. The Bertz CT molecular complexity index is 1150. The van der Waals surface area contributed by atoms with Gasteiger partial charge in [-0.2, -0.15) is 0 Å². The van der Waals surface area contributed by atoms with Crippen molar-refractivity contribution >= 4 is 81.1 Å². The number of carbonyl (C=O) groups excluding carboxylic acids is 4. The molecule has 3 amide bonds. The highest BCUT2D eigenvalue weighted by Crippen LogP contribution is 2.45. The van der Waals surface area contributed by atoms with Gasteiger partial charge in [-0.3, -0.25) is 24.0 Å². The summed E-state index contributed by atoms with van der Waals surface area (Å²) in [6.45, 7) is 1.65. The van der Waals surface area contributed by atoms with Crippen molar-refractivity contribution in [2.24, 2.45) is 0 Å². The number of nitrogens with zero attached hydrogens (tertiary/aromatic N) is 1. The first-order chi connectivity index (χ1) is 17.3. The van der Waals surface area contributed by atoms with Crippen molar-refractivity contribution in [2.45, 2.75) is 33.4 Å². The van der Waals surface area contributed by atoms with Crippen LogP contribution in [0.5, 0.6) is 5.75 Å². The van der Waals surface area contributed by atoms with E-state index in [1.54, 1.807) is 30.3 Å². The highest BCUT2D eigenvalue weighted by atomic mass is 35.6. The Hall–Kier alpha value is -2.25. The number of benzene rings is 1. The zero-order valence-electron chi connectivity index (χ0n) is 19.3. The first-order valence-corrected chi connectivity index (χ1v) is 13.3. The second-order valence-corrected chi connectivity index (χ2v) is 12.6. The van der Waals surface area contributed by atoms with Crippen LogP contribution >= 0.6 is 46.4 Å². The van der Waals surface area contributed by atoms with E-state index in [2.05, 4.69) is 10.6 Å². The number of alkyl carbamates (subject to hydrolysis) is 1. The number of carbonyl (C=O) groups is 4. The van der Waals surface area contributed by atoms with Gasteiger partial charge in [0.15, 0.2) is 6.61 Å². The van der Waals surface area contributed by atoms with E-state index in [-0.39, 0.29) is 12.2 Å². The number of fused-ring (bicyclic) bond motifs is 1. The minimum atomic E-state index is -2.29. The summed E-state index contributed by atoms with van der Waals surface area (Å²) in [6, 6.07) is 7.08. The van der Waals surface area contributed by atoms with Gasteiger partial charge in [-0.25, -0.2) is 9.59 Å². The second-order valence-electron chi connectivity index (χ2n) is 7.65. The maximum Gasteiger partial charge on any atom is 0.409 e. The number of halogens is 4. The SMILES string of the molecule is CCOC(=O)NC1(Cl)C(C)=C(C(=O)OCC(Cl)(Cl)Cl)N2C(=O)[C@@H](NC(=O)COc3ccccc3)[C@H]2S1=O. The topological polar surface area (TPSA) is 140 Å². The number of esters is 1. The molecule has 202 valence electrons. The molecule has 2 aliphatic rings. The molecule has 2 N–H and O–H groups in total. The number of ether oxygens (including phenoxy) is 3. The molecule has 0 radical (unpaired) electrons. The zero-order valence-corrected chi connectivity index (χ0v) is 23.1. The molecule has 4 atom stereocenters. The van der Waals surface area contributed by atoms with E-state index >= 15 is 0 Å². The van der Waals surface area contributed by atoms with Crippen molar-refractivity contribution in [1.29, 1.82) is 0 Å². The summed E-state index contributed by atoms with van der Waals surface area (Å²) in [5.41, 5.74) is -0.613. The Morgan fingerprint density at radius 3 is 2.41 bits per heavy atom. The lowest BCUT2D eigenvalue weighted by molar-refractivity contribution is -0.153. The summed E-state index contributed by atoms with van der Waals surface area (Å²) in [4.78, 5) is 51.5. The third kappa shape index (κ3) is 6.43. The Labute approximate surface area is 234 Å². The molecular formula is C21H21Cl4N3O8S. The number of β-lactam (4-membered cyclic amide) rings is 1. The average Bonchev–Trinajstić information content (AvgIpc) is 2.83. The van der Waals surface area contributed by atoms with Crippen LogP contribution in [0.25, 0.3) is 0 Å². The molecule has 0 aliphatic carbocycles. The van der Waals surface area contributed by atoms with E-state index in [0.717, 1.165) is 4.90 Å². The zero-order chi connectivity index (χ0) is 27.5. The van der Waals surface area contributed by atoms with Gasteiger partial charge in [-0.05, 0) is 26.0 Å². The van der Waals surface area contributed by atoms with Crippen molar-refractivity contribution in [3.05, 3.63) is 41.6 Å². The predicted octanol–water partition coefficient (Wildman–Crippen LogP) is 2.31. The Kier molecular flexibility index (Phi) is 9.23. The van der Waals surface area contributed by atoms with E-state index in [0.29, 0.717) is 5.75 Å². The quantitative estimate of drug-likeness (QED) is 0.196. The normalized spacial score (nSPS) is 25.0. The fourth-order valence-corrected chi connectivity index (χ4v) is 5.85. The van der Waals surface area contributed by atoms with Gasteiger partial charge in [0.05, 0.1) is 17.4 Å². The number of rotatable bonds is 8. The standard InChI is InChI=1S/C21H21Cl4N3O8S/c1-3-34-19(32)27-21(25)11(2)15(18(31)36-10-20(22,23)24)28-16(30)14(17(28)37(21)33)26-13(29)9-35-12-7-5-4-6-8-12/h4-8,14,17H,3,9-10H2,1-2H3,(H,26,29)(H,27,32)/t14-,17-,21?,37?/m1/s1. The molecule has 2 heterocycles. The highest BCUT2D eigenvalue weighted by molar-refractivity contribution is 7.89. The van der Waals surface area contributed by atoms with Crippen LogP contribution < -0.4 is 15.4 Å². The van der Waals surface area contributed by atoms with Crippen molar-refractivity contribution < 1.29 is 37.6 Å². The van der Waals surface area contributed by atoms with E-state index < -0.39 is 73.1 Å². The summed E-state index contributed by atoms with van der Waals surface area (Å²) in [7, 11) is -2.29. The third-order valence-electron chi connectivity index (χ3n) is 5.15. The molecule has 1 fully saturated rings. The molecule has 0 saturated carbocycles. The Morgan fingerprint density at radius 2 is 1.81 bits per heavy atom. The number of para-hydroxylation sites is 1. The summed E-state index contributed by atoms with van der Waals surface area (Å²) in [5.74, 6) is -2.20. The molecule has 3 rings (SSSR count). The molecule has 2 aliphatic heterocycles. The van der Waals surface area contributed by atoms with Crippen LogP contribution in [0, 0.1) is 0 Å². The molecule has 16 heteroatoms. The van der Waals surface area contributed by atoms with E-state index in [9.17, 15) is 23.4 Å². The van der Waals surface area contributed by atoms with Crippen LogP contribution in [-0.4, -0.2) is 72.3 Å². The minimum absolute atomic E-state index is 0.0273. The van der Waals surface area contributed by atoms with Crippen LogP contribution in [-0.2, 0) is 34.7 Å². The maximum atomic E-state index is 13.5. The maximum absolute atomic E-state index is 13.5. The lowest BCUT2D eigenvalue weighted by atomic mass is 10.0. The van der Waals surface area contributed by atoms with Gasteiger partial charge in [0.1, 0.15) is 29.5 Å². The second kappa shape index (κ2) is 11.6. The first-order valence-electron chi connectivity index (χ1n) is 10.6. The molecule has 1 aromatic rings. The van der Waals surface area contributed by atoms with Gasteiger partial charge in [-0.1, -0.05) is 64.6 Å². The molecular weight excluding hydrogens is 596 g/mol. The predicted molar refractivity (Wildman–Crippen MR) is 135 cm³/mol. The van der Waals surface area contributed by atoms with Gasteiger partial charge in [-0.15, -0.1) is 0 Å². The minimum Gasteiger partial charge on any atom is -0.484 e. The van der Waals surface area contributed by atoms with E-state index in [4.69, 9.17) is 60.6 Å². The van der Waals surface area contributed by atoms with Crippen LogP contribution in [0.15, 0.2) is 41.6 Å². The molecule has 11 nitrogen and oxygen atoms in total. The summed E-state index contributed by atoms with van der Waals surface area (Å²) < 4.78 is 24.6. The third-order valence-corrected chi connectivity index (χ3v) is 8.19. The van der Waals surface area contributed by atoms with Gasteiger partial charge in [0.25, 0.3) is 11.8 Å². The van der Waals surface area contributed by atoms with Crippen molar-refractivity contribution in [1.82, 2.24) is 15.5 Å². The van der Waals surface area contributed by atoms with E-state index in [1.807, 2.05) is 0 Å². The summed E-state index contributed by atoms with van der Waals surface area (Å²) in [6.07, 6.45) is -1.03. The van der Waals surface area contributed by atoms with Crippen LogP contribution in [0.4, 0.5) is 4.79 Å². The largest absolute Gasteiger partial charge is 0.484 e. The molecule has 0 aromatic heterocycles. The number of nitrogens with one attached hydrogen (secondary N) is 2. The monoisotopic (exact) mass is 615 g/mol. The number of alkyl halides is 4. The summed E-state index contributed by atoms with van der Waals surface area (Å²) in [5, 5.41) is 3.33. The van der Waals surface area contributed by atoms with Gasteiger partial charge < -0.3 is 19.5 Å². The fraction of sp³-hybridized carbons (Fsp3) is 0.429. The van der Waals surface area contributed by atoms with Crippen molar-refractivity contribution in [3.63, 3.8) is 0 Å². The molecule has 1 saturated heterocycles.